The largest absolute Gasteiger partial charge is 0.317 e. The van der Waals surface area contributed by atoms with Crippen molar-refractivity contribution < 1.29 is 0 Å². The average molecular weight is 551 g/mol. The normalized spacial score (nSPS) is 11.6. The molecule has 1 aromatic heterocycles. The van der Waals surface area contributed by atoms with E-state index in [0.717, 1.165) is 0 Å². The molecule has 0 aliphatic carbocycles. The van der Waals surface area contributed by atoms with Crippen LogP contribution in [0.15, 0.2) is 30.3 Å². The molecule has 0 saturated heterocycles. The fourth-order valence-electron chi connectivity index (χ4n) is 2.18. The highest BCUT2D eigenvalue weighted by molar-refractivity contribution is 9.71. The summed E-state index contributed by atoms with van der Waals surface area (Å²) in [4.78, 5) is 0. The Bertz CT molecular complexity index is 550. The molecule has 0 unspecified atom stereocenters. The smallest absolute Gasteiger partial charge is 0.0680 e. The summed E-state index contributed by atoms with van der Waals surface area (Å²) in [6, 6.07) is 10.5. The molecule has 0 atom stereocenters. The van der Waals surface area contributed by atoms with Gasteiger partial charge in [-0.05, 0) is 87.9 Å². The number of hydrogen-bond donors (Lipinski definition) is 0. The summed E-state index contributed by atoms with van der Waals surface area (Å²) in [6.45, 7) is 4.35. The fraction of sp³-hybridized carbons (Fsp3) is 0.167. The lowest BCUT2D eigenvalue weighted by atomic mass is 10.3. The zero-order valence-corrected chi connectivity index (χ0v) is 18.4. The predicted octanol–water partition coefficient (Wildman–Crippen LogP) is 6.55. The van der Waals surface area contributed by atoms with Crippen LogP contribution in [0.1, 0.15) is 11.4 Å². The third-order valence-corrected chi connectivity index (χ3v) is 9.14. The molecule has 7 heteroatoms. The van der Waals surface area contributed by atoms with E-state index in [4.69, 9.17) is 0 Å². The Kier molecular flexibility index (Phi) is 6.16. The van der Waals surface area contributed by atoms with Crippen molar-refractivity contribution in [3.63, 3.8) is 0 Å². The van der Waals surface area contributed by atoms with Gasteiger partial charge in [0.2, 0.25) is 0 Å². The minimum Gasteiger partial charge on any atom is -0.317 e. The third kappa shape index (κ3) is 3.38. The van der Waals surface area contributed by atoms with Gasteiger partial charge in [-0.1, -0.05) is 18.2 Å². The monoisotopic (exact) mass is 547 g/mol. The molecule has 102 valence electrons. The maximum atomic E-state index is 3.71. The molecular weight excluding hydrogens is 540 g/mol. The van der Waals surface area contributed by atoms with Crippen molar-refractivity contribution in [2.45, 2.75) is 13.8 Å². The van der Waals surface area contributed by atoms with E-state index in [1.165, 1.54) is 27.7 Å². The van der Waals surface area contributed by atoms with E-state index in [1.54, 1.807) is 0 Å². The minimum absolute atomic E-state index is 0.495. The van der Waals surface area contributed by atoms with E-state index in [0.29, 0.717) is 0 Å². The second-order valence-electron chi connectivity index (χ2n) is 4.00. The van der Waals surface area contributed by atoms with E-state index in [2.05, 4.69) is 105 Å². The second kappa shape index (κ2) is 7.03. The Morgan fingerprint density at radius 3 is 1.58 bits per heavy atom. The van der Waals surface area contributed by atoms with Crippen LogP contribution in [0, 0.1) is 13.8 Å². The molecule has 1 nitrogen and oxygen atoms in total. The molecule has 0 aliphatic rings. The standard InChI is InChI=1S/C12H11Br4NP2/c1-8-11(18(13)14)12(19(15)16)9(2)17(8)10-6-4-3-5-7-10/h3-7H,1-2H3. The van der Waals surface area contributed by atoms with Crippen molar-refractivity contribution in [2.24, 2.45) is 0 Å². The Labute approximate surface area is 148 Å². The zero-order chi connectivity index (χ0) is 14.2. The van der Waals surface area contributed by atoms with E-state index < -0.39 is 10.7 Å². The number of benzene rings is 1. The molecule has 1 aromatic carbocycles. The lowest BCUT2D eigenvalue weighted by Gasteiger charge is -2.09. The Morgan fingerprint density at radius 2 is 1.21 bits per heavy atom. The van der Waals surface area contributed by atoms with Crippen molar-refractivity contribution in [2.75, 3.05) is 0 Å². The summed E-state index contributed by atoms with van der Waals surface area (Å²) >= 11 is 14.8. The molecule has 0 saturated carbocycles. The molecule has 0 N–H and O–H groups in total. The molecule has 0 fully saturated rings. The maximum absolute atomic E-state index is 3.71. The minimum atomic E-state index is -0.495. The topological polar surface area (TPSA) is 4.93 Å². The van der Waals surface area contributed by atoms with E-state index >= 15 is 0 Å². The number of hydrogen-bond acceptors (Lipinski definition) is 0. The summed E-state index contributed by atoms with van der Waals surface area (Å²) in [6.07, 6.45) is 0. The van der Waals surface area contributed by atoms with Crippen molar-refractivity contribution in [1.29, 1.82) is 0 Å². The van der Waals surface area contributed by atoms with Crippen LogP contribution in [0.3, 0.4) is 0 Å². The highest BCUT2D eigenvalue weighted by Crippen LogP contribution is 2.58. The molecule has 0 aliphatic heterocycles. The molecule has 0 amide bonds. The molecule has 0 radical (unpaired) electrons. The van der Waals surface area contributed by atoms with Gasteiger partial charge in [0.25, 0.3) is 0 Å². The van der Waals surface area contributed by atoms with Gasteiger partial charge in [0, 0.05) is 27.7 Å². The molecule has 1 heterocycles. The van der Waals surface area contributed by atoms with Crippen LogP contribution >= 0.6 is 72.6 Å². The summed E-state index contributed by atoms with van der Waals surface area (Å²) in [7, 11) is 0. The van der Waals surface area contributed by atoms with Crippen LogP contribution in [-0.2, 0) is 0 Å². The van der Waals surface area contributed by atoms with Gasteiger partial charge in [-0.2, -0.15) is 0 Å². The van der Waals surface area contributed by atoms with Crippen molar-refractivity contribution >= 4 is 83.2 Å². The van der Waals surface area contributed by atoms with Gasteiger partial charge in [-0.15, -0.1) is 0 Å². The fourth-order valence-corrected chi connectivity index (χ4v) is 11.0. The predicted molar refractivity (Wildman–Crippen MR) is 104 cm³/mol. The Balaban J connectivity index is 2.74. The number of para-hydroxylation sites is 1. The Hall–Kier alpha value is 1.28. The molecule has 19 heavy (non-hydrogen) atoms. The van der Waals surface area contributed by atoms with Crippen LogP contribution in [0.2, 0.25) is 0 Å². The van der Waals surface area contributed by atoms with Crippen LogP contribution in [0.5, 0.6) is 0 Å². The third-order valence-electron chi connectivity index (χ3n) is 2.93. The molecule has 0 spiro atoms. The lowest BCUT2D eigenvalue weighted by Crippen LogP contribution is -2.15. The summed E-state index contributed by atoms with van der Waals surface area (Å²) in [5.74, 6) is 0. The van der Waals surface area contributed by atoms with Crippen LogP contribution in [-0.4, -0.2) is 4.57 Å². The van der Waals surface area contributed by atoms with Gasteiger partial charge in [0.05, 0.1) is 10.7 Å². The average Bonchev–Trinajstić information content (AvgIpc) is 2.62. The van der Waals surface area contributed by atoms with Crippen LogP contribution < -0.4 is 10.6 Å². The number of nitrogens with zero attached hydrogens (tertiary/aromatic N) is 1. The van der Waals surface area contributed by atoms with Crippen molar-refractivity contribution in [1.82, 2.24) is 4.57 Å². The number of halogens is 4. The summed E-state index contributed by atoms with van der Waals surface area (Å²) < 4.78 is 2.32. The SMILES string of the molecule is Cc1c(P(Br)Br)c(P(Br)Br)c(C)n1-c1ccccc1. The quantitative estimate of drug-likeness (QED) is 0.382. The number of aromatic nitrogens is 1. The maximum Gasteiger partial charge on any atom is 0.0680 e. The number of rotatable bonds is 3. The van der Waals surface area contributed by atoms with Gasteiger partial charge < -0.3 is 4.57 Å². The van der Waals surface area contributed by atoms with E-state index in [1.807, 2.05) is 6.07 Å². The van der Waals surface area contributed by atoms with Crippen molar-refractivity contribution in [3.8, 4) is 5.69 Å². The van der Waals surface area contributed by atoms with E-state index in [9.17, 15) is 0 Å². The van der Waals surface area contributed by atoms with Crippen LogP contribution in [0.4, 0.5) is 0 Å². The van der Waals surface area contributed by atoms with E-state index in [-0.39, 0.29) is 0 Å². The molecule has 0 bridgehead atoms. The van der Waals surface area contributed by atoms with Gasteiger partial charge in [-0.3, -0.25) is 0 Å². The first-order valence-electron chi connectivity index (χ1n) is 5.45. The Morgan fingerprint density at radius 1 is 0.789 bits per heavy atom. The molecule has 2 rings (SSSR count). The first-order valence-corrected chi connectivity index (χ1v) is 16.2. The first kappa shape index (κ1) is 16.6. The highest BCUT2D eigenvalue weighted by Gasteiger charge is 2.25. The van der Waals surface area contributed by atoms with Crippen LogP contribution in [0.25, 0.3) is 5.69 Å². The molecule has 2 aromatic rings. The van der Waals surface area contributed by atoms with Gasteiger partial charge in [0.15, 0.2) is 0 Å². The van der Waals surface area contributed by atoms with Gasteiger partial charge >= 0.3 is 0 Å². The van der Waals surface area contributed by atoms with Crippen molar-refractivity contribution in [3.05, 3.63) is 41.7 Å². The van der Waals surface area contributed by atoms with Gasteiger partial charge in [0.1, 0.15) is 0 Å². The zero-order valence-electron chi connectivity index (χ0n) is 10.2. The molecular formula is C12H11Br4NP2. The first-order chi connectivity index (χ1) is 8.95. The summed E-state index contributed by atoms with van der Waals surface area (Å²) in [5.41, 5.74) is 3.77. The van der Waals surface area contributed by atoms with Gasteiger partial charge in [-0.25, -0.2) is 0 Å². The highest BCUT2D eigenvalue weighted by atomic mass is 79.9. The second-order valence-corrected chi connectivity index (χ2v) is 20.1. The summed E-state index contributed by atoms with van der Waals surface area (Å²) in [5, 5.41) is 1.73. The lowest BCUT2D eigenvalue weighted by molar-refractivity contribution is 0.973.